The fourth-order valence-corrected chi connectivity index (χ4v) is 4.82. The summed E-state index contributed by atoms with van der Waals surface area (Å²) in [6.07, 6.45) is -9.52. The van der Waals surface area contributed by atoms with Gasteiger partial charge < -0.3 is 54.0 Å². The molecule has 0 aromatic heterocycles. The molecular formula is C20H24O15. The molecule has 35 heavy (non-hydrogen) atoms. The van der Waals surface area contributed by atoms with Gasteiger partial charge in [0.15, 0.2) is 30.7 Å². The summed E-state index contributed by atoms with van der Waals surface area (Å²) in [7, 11) is 0. The molecule has 1 aromatic rings. The largest absolute Gasteiger partial charge is 0.505 e. The topological polar surface area (TPSA) is 223 Å². The smallest absolute Gasteiger partial charge is 0.410 e. The van der Waals surface area contributed by atoms with Gasteiger partial charge in [0.2, 0.25) is 0 Å². The third kappa shape index (κ3) is 4.45. The van der Waals surface area contributed by atoms with Gasteiger partial charge in [0, 0.05) is 6.42 Å². The molecule has 3 heterocycles. The molecular weight excluding hydrogens is 480 g/mol. The highest BCUT2D eigenvalue weighted by atomic mass is 17.0. The summed E-state index contributed by atoms with van der Waals surface area (Å²) in [4.78, 5) is 10.9. The van der Waals surface area contributed by atoms with Gasteiger partial charge in [-0.15, -0.1) is 0 Å². The lowest BCUT2D eigenvalue weighted by Gasteiger charge is -2.48. The highest BCUT2D eigenvalue weighted by Crippen LogP contribution is 2.49. The van der Waals surface area contributed by atoms with E-state index in [9.17, 15) is 40.5 Å². The maximum absolute atomic E-state index is 10.9. The molecule has 0 bridgehead atoms. The molecule has 3 aliphatic heterocycles. The standard InChI is InChI=1S/C20H24O15/c21-6-30-18(23,24)10-2-1-8-3-12-13(35-20(27,28)34-12)4-9(8)15(10)32-14-5-11(22)16-17(33-14)19(25,26)31-7-29-16/h3-4,6,10-11,14-17,22-28H,1-2,5,7H2. The van der Waals surface area contributed by atoms with E-state index in [4.69, 9.17) is 28.4 Å². The number of benzene rings is 1. The molecule has 15 nitrogen and oxygen atoms in total. The molecule has 6 atom stereocenters. The summed E-state index contributed by atoms with van der Waals surface area (Å²) >= 11 is 0. The molecule has 1 aromatic carbocycles. The van der Waals surface area contributed by atoms with Gasteiger partial charge in [-0.05, 0) is 36.1 Å². The van der Waals surface area contributed by atoms with Crippen LogP contribution in [-0.2, 0) is 34.9 Å². The monoisotopic (exact) mass is 504 g/mol. The quantitative estimate of drug-likeness (QED) is 0.156. The fraction of sp³-hybridized carbons (Fsp3) is 0.650. The van der Waals surface area contributed by atoms with E-state index in [2.05, 4.69) is 4.74 Å². The predicted molar refractivity (Wildman–Crippen MR) is 102 cm³/mol. The number of carbonyl (C=O) groups is 1. The van der Waals surface area contributed by atoms with Crippen molar-refractivity contribution in [3.8, 4) is 11.5 Å². The lowest BCUT2D eigenvalue weighted by molar-refractivity contribution is -0.473. The maximum atomic E-state index is 10.9. The lowest BCUT2D eigenvalue weighted by Crippen LogP contribution is -2.65. The number of rotatable bonds is 5. The van der Waals surface area contributed by atoms with Crippen LogP contribution in [0.5, 0.6) is 11.5 Å². The van der Waals surface area contributed by atoms with Crippen LogP contribution >= 0.6 is 0 Å². The third-order valence-corrected chi connectivity index (χ3v) is 6.40. The first-order valence-electron chi connectivity index (χ1n) is 10.7. The highest BCUT2D eigenvalue weighted by molar-refractivity contribution is 5.51. The minimum atomic E-state index is -2.98. The summed E-state index contributed by atoms with van der Waals surface area (Å²) in [5.74, 6) is -7.15. The average Bonchev–Trinajstić information content (AvgIpc) is 3.05. The molecule has 1 aliphatic carbocycles. The Balaban J connectivity index is 1.48. The van der Waals surface area contributed by atoms with Crippen molar-refractivity contribution in [2.45, 2.75) is 68.1 Å². The van der Waals surface area contributed by atoms with Crippen LogP contribution in [0.4, 0.5) is 0 Å². The summed E-state index contributed by atoms with van der Waals surface area (Å²) < 4.78 is 35.8. The van der Waals surface area contributed by atoms with E-state index < -0.39 is 61.5 Å². The first-order valence-corrected chi connectivity index (χ1v) is 10.7. The zero-order chi connectivity index (χ0) is 25.2. The molecule has 15 heteroatoms. The molecule has 2 fully saturated rings. The van der Waals surface area contributed by atoms with Crippen LogP contribution < -0.4 is 9.47 Å². The van der Waals surface area contributed by atoms with E-state index in [1.54, 1.807) is 0 Å². The van der Waals surface area contributed by atoms with E-state index >= 15 is 0 Å². The number of hydrogen-bond acceptors (Lipinski definition) is 15. The van der Waals surface area contributed by atoms with E-state index in [0.29, 0.717) is 5.56 Å². The summed E-state index contributed by atoms with van der Waals surface area (Å²) in [6.45, 7) is -0.644. The van der Waals surface area contributed by atoms with Gasteiger partial charge in [0.05, 0.1) is 18.1 Å². The van der Waals surface area contributed by atoms with Gasteiger partial charge in [-0.3, -0.25) is 19.7 Å². The van der Waals surface area contributed by atoms with E-state index in [0.717, 1.165) is 0 Å². The summed E-state index contributed by atoms with van der Waals surface area (Å²) in [6, 6.07) is 2.77. The Kier molecular flexibility index (Phi) is 5.93. The van der Waals surface area contributed by atoms with Gasteiger partial charge in [0.25, 0.3) is 6.47 Å². The van der Waals surface area contributed by atoms with Crippen molar-refractivity contribution in [2.75, 3.05) is 6.79 Å². The van der Waals surface area contributed by atoms with Crippen LogP contribution in [0.2, 0.25) is 0 Å². The van der Waals surface area contributed by atoms with Crippen LogP contribution in [0.25, 0.3) is 0 Å². The third-order valence-electron chi connectivity index (χ3n) is 6.40. The number of aryl methyl sites for hydroxylation is 1. The second kappa shape index (κ2) is 8.46. The summed E-state index contributed by atoms with van der Waals surface area (Å²) in [5.41, 5.74) is 0.823. The maximum Gasteiger partial charge on any atom is 0.505 e. The van der Waals surface area contributed by atoms with Crippen molar-refractivity contribution < 1.29 is 73.7 Å². The second-order valence-electron chi connectivity index (χ2n) is 8.67. The number of aliphatic hydroxyl groups is 7. The molecule has 194 valence electrons. The van der Waals surface area contributed by atoms with Gasteiger partial charge >= 0.3 is 18.1 Å². The minimum Gasteiger partial charge on any atom is -0.410 e. The van der Waals surface area contributed by atoms with Crippen molar-refractivity contribution in [1.82, 2.24) is 0 Å². The number of aliphatic hydroxyl groups excluding tert-OH is 1. The fourth-order valence-electron chi connectivity index (χ4n) is 4.82. The number of fused-ring (bicyclic) bond motifs is 3. The van der Waals surface area contributed by atoms with Crippen molar-refractivity contribution in [3.05, 3.63) is 23.3 Å². The van der Waals surface area contributed by atoms with E-state index in [-0.39, 0.29) is 42.8 Å². The molecule has 0 amide bonds. The first kappa shape index (κ1) is 24.5. The Labute approximate surface area is 196 Å². The zero-order valence-electron chi connectivity index (χ0n) is 17.9. The molecule has 0 radical (unpaired) electrons. The normalized spacial score (nSPS) is 35.1. The molecule has 0 saturated carbocycles. The number of hydrogen-bond donors (Lipinski definition) is 7. The Morgan fingerprint density at radius 3 is 2.54 bits per heavy atom. The Morgan fingerprint density at radius 2 is 1.83 bits per heavy atom. The first-order chi connectivity index (χ1) is 16.4. The van der Waals surface area contributed by atoms with E-state index in [1.807, 2.05) is 0 Å². The van der Waals surface area contributed by atoms with Crippen molar-refractivity contribution in [2.24, 2.45) is 5.92 Å². The van der Waals surface area contributed by atoms with Crippen molar-refractivity contribution in [3.63, 3.8) is 0 Å². The Hall–Kier alpha value is -2.15. The van der Waals surface area contributed by atoms with Crippen LogP contribution in [0.1, 0.15) is 30.1 Å². The Bertz CT molecular complexity index is 978. The molecule has 2 saturated heterocycles. The van der Waals surface area contributed by atoms with Crippen molar-refractivity contribution >= 4 is 6.47 Å². The Morgan fingerprint density at radius 1 is 1.11 bits per heavy atom. The zero-order valence-corrected chi connectivity index (χ0v) is 17.9. The number of ether oxygens (including phenoxy) is 7. The number of carbonyl (C=O) groups excluding carboxylic acids is 1. The molecule has 5 rings (SSSR count). The molecule has 0 spiro atoms. The van der Waals surface area contributed by atoms with E-state index in [1.165, 1.54) is 12.1 Å². The lowest BCUT2D eigenvalue weighted by atomic mass is 9.79. The SMILES string of the molecule is O=COC(O)(O)C1CCc2cc3c(cc2C1OC1CC(O)C2OCOC(O)(O)C2O1)OC(O)(O)O3. The second-order valence-corrected chi connectivity index (χ2v) is 8.67. The van der Waals surface area contributed by atoms with Crippen LogP contribution in [0.3, 0.4) is 0 Å². The van der Waals surface area contributed by atoms with Gasteiger partial charge in [0.1, 0.15) is 6.10 Å². The van der Waals surface area contributed by atoms with Gasteiger partial charge in [-0.2, -0.15) is 0 Å². The highest BCUT2D eigenvalue weighted by Gasteiger charge is 2.55. The summed E-state index contributed by atoms with van der Waals surface area (Å²) in [5, 5.41) is 70.9. The minimum absolute atomic E-state index is 0.0129. The van der Waals surface area contributed by atoms with Gasteiger partial charge in [-0.1, -0.05) is 0 Å². The molecule has 4 aliphatic rings. The average molecular weight is 504 g/mol. The van der Waals surface area contributed by atoms with Crippen LogP contribution in [0.15, 0.2) is 12.1 Å². The van der Waals surface area contributed by atoms with Crippen LogP contribution in [0, 0.1) is 5.92 Å². The van der Waals surface area contributed by atoms with Crippen LogP contribution in [-0.4, -0.2) is 91.7 Å². The predicted octanol–water partition coefficient (Wildman–Crippen LogP) is -3.03. The van der Waals surface area contributed by atoms with Crippen molar-refractivity contribution in [1.29, 1.82) is 0 Å². The molecule has 6 unspecified atom stereocenters. The van der Waals surface area contributed by atoms with Gasteiger partial charge in [-0.25, -0.2) is 0 Å². The molecule has 7 N–H and O–H groups in total.